The number of hydrogen-bond donors (Lipinski definition) is 0. The van der Waals surface area contributed by atoms with Crippen LogP contribution in [0.2, 0.25) is 0 Å². The van der Waals surface area contributed by atoms with Crippen LogP contribution >= 0.6 is 0 Å². The highest BCUT2D eigenvalue weighted by Gasteiger charge is 2.45. The SMILES string of the molecule is CCOC(=O)C1C(=O)N(C(C)C)c2ccc(C3(C)OCCO3)cc21. The maximum absolute atomic E-state index is 12.8. The number of nitrogens with zero attached hydrogens (tertiary/aromatic N) is 1. The molecule has 0 N–H and O–H groups in total. The zero-order valence-corrected chi connectivity index (χ0v) is 14.5. The van der Waals surface area contributed by atoms with Gasteiger partial charge in [0.15, 0.2) is 11.7 Å². The third-order valence-corrected chi connectivity index (χ3v) is 4.48. The van der Waals surface area contributed by atoms with Crippen LogP contribution in [0.4, 0.5) is 5.69 Å². The fourth-order valence-electron chi connectivity index (χ4n) is 3.35. The zero-order valence-electron chi connectivity index (χ0n) is 14.5. The first-order valence-corrected chi connectivity index (χ1v) is 8.31. The average Bonchev–Trinajstić information content (AvgIpc) is 3.08. The Labute approximate surface area is 141 Å². The molecule has 1 saturated heterocycles. The number of amides is 1. The van der Waals surface area contributed by atoms with Gasteiger partial charge in [0.25, 0.3) is 0 Å². The number of benzene rings is 1. The number of anilines is 1. The molecule has 6 nitrogen and oxygen atoms in total. The number of fused-ring (bicyclic) bond motifs is 1. The van der Waals surface area contributed by atoms with Crippen LogP contribution in [0.3, 0.4) is 0 Å². The van der Waals surface area contributed by atoms with E-state index in [4.69, 9.17) is 14.2 Å². The molecule has 2 aliphatic rings. The molecule has 24 heavy (non-hydrogen) atoms. The van der Waals surface area contributed by atoms with Crippen molar-refractivity contribution in [2.45, 2.75) is 45.4 Å². The molecule has 2 heterocycles. The van der Waals surface area contributed by atoms with Gasteiger partial charge in [-0.3, -0.25) is 9.59 Å². The minimum absolute atomic E-state index is 0.0453. The Morgan fingerprint density at radius 3 is 2.62 bits per heavy atom. The first-order chi connectivity index (χ1) is 11.4. The number of rotatable bonds is 4. The van der Waals surface area contributed by atoms with Crippen molar-refractivity contribution in [2.75, 3.05) is 24.7 Å². The standard InChI is InChI=1S/C18H23NO5/c1-5-22-17(21)15-13-10-12(18(4)23-8-9-24-18)6-7-14(13)19(11(2)3)16(15)20/h6-7,10-11,15H,5,8-9H2,1-4H3. The van der Waals surface area contributed by atoms with E-state index in [0.29, 0.717) is 18.8 Å². The summed E-state index contributed by atoms with van der Waals surface area (Å²) in [6.07, 6.45) is 0. The van der Waals surface area contributed by atoms with Crippen molar-refractivity contribution in [1.29, 1.82) is 0 Å². The molecular weight excluding hydrogens is 310 g/mol. The minimum atomic E-state index is -0.924. The Balaban J connectivity index is 2.07. The van der Waals surface area contributed by atoms with Gasteiger partial charge in [-0.1, -0.05) is 6.07 Å². The first kappa shape index (κ1) is 16.9. The predicted octanol–water partition coefficient (Wildman–Crippen LogP) is 2.31. The fourth-order valence-corrected chi connectivity index (χ4v) is 3.35. The second-order valence-electron chi connectivity index (χ2n) is 6.40. The largest absolute Gasteiger partial charge is 0.465 e. The van der Waals surface area contributed by atoms with Gasteiger partial charge in [0, 0.05) is 17.3 Å². The molecule has 1 atom stereocenters. The van der Waals surface area contributed by atoms with Crippen LogP contribution in [0.15, 0.2) is 18.2 Å². The van der Waals surface area contributed by atoms with Gasteiger partial charge in [0.2, 0.25) is 5.91 Å². The van der Waals surface area contributed by atoms with E-state index in [9.17, 15) is 9.59 Å². The van der Waals surface area contributed by atoms with Crippen LogP contribution in [0.25, 0.3) is 0 Å². The Kier molecular flexibility index (Phi) is 4.36. The van der Waals surface area contributed by atoms with Crippen molar-refractivity contribution in [3.05, 3.63) is 29.3 Å². The van der Waals surface area contributed by atoms with E-state index in [-0.39, 0.29) is 18.6 Å². The molecule has 0 aliphatic carbocycles. The van der Waals surface area contributed by atoms with Crippen LogP contribution in [0.1, 0.15) is 44.7 Å². The van der Waals surface area contributed by atoms with Crippen molar-refractivity contribution in [2.24, 2.45) is 0 Å². The molecule has 130 valence electrons. The lowest BCUT2D eigenvalue weighted by Gasteiger charge is -2.25. The molecule has 1 aromatic carbocycles. The Morgan fingerprint density at radius 1 is 1.38 bits per heavy atom. The van der Waals surface area contributed by atoms with Crippen molar-refractivity contribution in [1.82, 2.24) is 0 Å². The lowest BCUT2D eigenvalue weighted by atomic mass is 9.96. The van der Waals surface area contributed by atoms with Gasteiger partial charge >= 0.3 is 5.97 Å². The number of hydrogen-bond acceptors (Lipinski definition) is 5. The highest BCUT2D eigenvalue weighted by molar-refractivity contribution is 6.16. The summed E-state index contributed by atoms with van der Waals surface area (Å²) in [4.78, 5) is 26.8. The summed E-state index contributed by atoms with van der Waals surface area (Å²) < 4.78 is 16.5. The third kappa shape index (κ3) is 2.59. The van der Waals surface area contributed by atoms with Gasteiger partial charge in [-0.05, 0) is 45.4 Å². The van der Waals surface area contributed by atoms with Crippen LogP contribution in [0.5, 0.6) is 0 Å². The first-order valence-electron chi connectivity index (χ1n) is 8.31. The minimum Gasteiger partial charge on any atom is -0.465 e. The van der Waals surface area contributed by atoms with Gasteiger partial charge in [-0.2, -0.15) is 0 Å². The van der Waals surface area contributed by atoms with E-state index in [1.807, 2.05) is 39.0 Å². The molecule has 6 heteroatoms. The maximum Gasteiger partial charge on any atom is 0.323 e. The second-order valence-corrected chi connectivity index (χ2v) is 6.40. The lowest BCUT2D eigenvalue weighted by Crippen LogP contribution is -2.37. The van der Waals surface area contributed by atoms with Crippen LogP contribution < -0.4 is 4.90 Å². The van der Waals surface area contributed by atoms with E-state index in [0.717, 1.165) is 11.3 Å². The van der Waals surface area contributed by atoms with E-state index >= 15 is 0 Å². The molecular formula is C18H23NO5. The van der Waals surface area contributed by atoms with Crippen LogP contribution in [-0.4, -0.2) is 37.7 Å². The van der Waals surface area contributed by atoms with Gasteiger partial charge in [-0.15, -0.1) is 0 Å². The monoisotopic (exact) mass is 333 g/mol. The van der Waals surface area contributed by atoms with Crippen LogP contribution in [0, 0.1) is 0 Å². The molecule has 0 radical (unpaired) electrons. The summed E-state index contributed by atoms with van der Waals surface area (Å²) in [5, 5.41) is 0. The van der Waals surface area contributed by atoms with Crippen LogP contribution in [-0.2, 0) is 29.6 Å². The zero-order chi connectivity index (χ0) is 17.5. The molecule has 0 spiro atoms. The van der Waals surface area contributed by atoms with E-state index in [1.165, 1.54) is 0 Å². The van der Waals surface area contributed by atoms with E-state index in [2.05, 4.69) is 0 Å². The molecule has 1 aromatic rings. The van der Waals surface area contributed by atoms with Crippen molar-refractivity contribution < 1.29 is 23.8 Å². The summed E-state index contributed by atoms with van der Waals surface area (Å²) in [5.74, 6) is -2.52. The Hall–Kier alpha value is -1.92. The van der Waals surface area contributed by atoms with E-state index in [1.54, 1.807) is 11.8 Å². The maximum atomic E-state index is 12.8. The third-order valence-electron chi connectivity index (χ3n) is 4.48. The normalized spacial score (nSPS) is 22.1. The quantitative estimate of drug-likeness (QED) is 0.625. The Bertz CT molecular complexity index is 663. The van der Waals surface area contributed by atoms with Crippen molar-refractivity contribution in [3.8, 4) is 0 Å². The highest BCUT2D eigenvalue weighted by atomic mass is 16.7. The summed E-state index contributed by atoms with van der Waals surface area (Å²) in [6.45, 7) is 8.70. The summed E-state index contributed by atoms with van der Waals surface area (Å²) in [5.41, 5.74) is 2.20. The van der Waals surface area contributed by atoms with Gasteiger partial charge < -0.3 is 19.1 Å². The molecule has 1 amide bonds. The number of carbonyl (C=O) groups excluding carboxylic acids is 2. The van der Waals surface area contributed by atoms with Gasteiger partial charge in [0.1, 0.15) is 0 Å². The fraction of sp³-hybridized carbons (Fsp3) is 0.556. The molecule has 3 rings (SSSR count). The molecule has 0 bridgehead atoms. The molecule has 0 aromatic heterocycles. The predicted molar refractivity (Wildman–Crippen MR) is 87.7 cm³/mol. The molecule has 1 unspecified atom stereocenters. The second kappa shape index (κ2) is 6.18. The van der Waals surface area contributed by atoms with Gasteiger partial charge in [0.05, 0.1) is 19.8 Å². The van der Waals surface area contributed by atoms with Crippen molar-refractivity contribution in [3.63, 3.8) is 0 Å². The molecule has 0 saturated carbocycles. The lowest BCUT2D eigenvalue weighted by molar-refractivity contribution is -0.150. The number of carbonyl (C=O) groups is 2. The van der Waals surface area contributed by atoms with E-state index < -0.39 is 17.7 Å². The van der Waals surface area contributed by atoms with Gasteiger partial charge in [-0.25, -0.2) is 0 Å². The molecule has 1 fully saturated rings. The number of ether oxygens (including phenoxy) is 3. The molecule has 2 aliphatic heterocycles. The number of esters is 1. The summed E-state index contributed by atoms with van der Waals surface area (Å²) in [6, 6.07) is 5.54. The topological polar surface area (TPSA) is 65.1 Å². The Morgan fingerprint density at radius 2 is 2.04 bits per heavy atom. The van der Waals surface area contributed by atoms with Crippen molar-refractivity contribution >= 4 is 17.6 Å². The smallest absolute Gasteiger partial charge is 0.323 e. The highest BCUT2D eigenvalue weighted by Crippen LogP contribution is 2.42. The average molecular weight is 333 g/mol. The summed E-state index contributed by atoms with van der Waals surface area (Å²) in [7, 11) is 0. The summed E-state index contributed by atoms with van der Waals surface area (Å²) >= 11 is 0.